The van der Waals surface area contributed by atoms with Gasteiger partial charge in [-0.2, -0.15) is 9.36 Å². The van der Waals surface area contributed by atoms with E-state index in [1.807, 2.05) is 62.4 Å². The average molecular weight is 339 g/mol. The molecule has 24 heavy (non-hydrogen) atoms. The highest BCUT2D eigenvalue weighted by atomic mass is 32.1. The van der Waals surface area contributed by atoms with Crippen LogP contribution in [0.4, 0.5) is 5.13 Å². The Morgan fingerprint density at radius 3 is 2.67 bits per heavy atom. The molecule has 0 saturated carbocycles. The fraction of sp³-hybridized carbons (Fsp3) is 0.167. The number of nitrogens with one attached hydrogen (secondary N) is 1. The maximum absolute atomic E-state index is 12.0. The number of aromatic nitrogens is 2. The zero-order chi connectivity index (χ0) is 16.9. The number of hydrogen-bond acceptors (Lipinski definition) is 5. The van der Waals surface area contributed by atoms with Gasteiger partial charge in [-0.25, -0.2) is 0 Å². The van der Waals surface area contributed by atoms with Crippen LogP contribution in [-0.4, -0.2) is 21.9 Å². The van der Waals surface area contributed by atoms with Gasteiger partial charge in [-0.05, 0) is 31.5 Å². The Morgan fingerprint density at radius 2 is 1.92 bits per heavy atom. The van der Waals surface area contributed by atoms with Crippen LogP contribution in [0.2, 0.25) is 0 Å². The minimum Gasteiger partial charge on any atom is -0.484 e. The molecule has 0 spiro atoms. The lowest BCUT2D eigenvalue weighted by Gasteiger charge is -2.06. The molecule has 0 aliphatic rings. The molecule has 3 aromatic rings. The van der Waals surface area contributed by atoms with Crippen molar-refractivity contribution in [3.8, 4) is 17.1 Å². The molecule has 1 amide bonds. The average Bonchev–Trinajstić information content (AvgIpc) is 3.02. The molecule has 2 aromatic carbocycles. The van der Waals surface area contributed by atoms with E-state index in [1.165, 1.54) is 5.56 Å². The fourth-order valence-corrected chi connectivity index (χ4v) is 2.71. The standard InChI is InChI=1S/C18H17N3O2S/c1-12-6-8-14(9-7-12)17-20-18(24-21-17)19-16(22)11-23-15-5-3-4-13(2)10-15/h3-10H,11H2,1-2H3,(H,19,20,21,22). The molecule has 122 valence electrons. The molecule has 0 fully saturated rings. The molecule has 5 nitrogen and oxygen atoms in total. The molecular formula is C18H17N3O2S. The van der Waals surface area contributed by atoms with Gasteiger partial charge < -0.3 is 4.74 Å². The normalized spacial score (nSPS) is 10.4. The van der Waals surface area contributed by atoms with Gasteiger partial charge in [-0.15, -0.1) is 0 Å². The lowest BCUT2D eigenvalue weighted by Crippen LogP contribution is -2.20. The summed E-state index contributed by atoms with van der Waals surface area (Å²) in [6.07, 6.45) is 0. The summed E-state index contributed by atoms with van der Waals surface area (Å²) in [5.41, 5.74) is 3.18. The number of nitrogens with zero attached hydrogens (tertiary/aromatic N) is 2. The van der Waals surface area contributed by atoms with Gasteiger partial charge in [0.05, 0.1) is 0 Å². The van der Waals surface area contributed by atoms with Gasteiger partial charge in [0.1, 0.15) is 5.75 Å². The summed E-state index contributed by atoms with van der Waals surface area (Å²) in [5.74, 6) is 1.01. The predicted molar refractivity (Wildman–Crippen MR) is 95.4 cm³/mol. The zero-order valence-corrected chi connectivity index (χ0v) is 14.3. The number of ether oxygens (including phenoxy) is 1. The first-order chi connectivity index (χ1) is 11.6. The van der Waals surface area contributed by atoms with Gasteiger partial charge in [0.2, 0.25) is 5.13 Å². The van der Waals surface area contributed by atoms with E-state index in [0.29, 0.717) is 16.7 Å². The quantitative estimate of drug-likeness (QED) is 0.767. The molecule has 0 saturated heterocycles. The first kappa shape index (κ1) is 16.1. The van der Waals surface area contributed by atoms with E-state index in [9.17, 15) is 4.79 Å². The molecule has 1 N–H and O–H groups in total. The monoisotopic (exact) mass is 339 g/mol. The molecular weight excluding hydrogens is 322 g/mol. The molecule has 6 heteroatoms. The van der Waals surface area contributed by atoms with E-state index in [2.05, 4.69) is 14.7 Å². The minimum atomic E-state index is -0.261. The van der Waals surface area contributed by atoms with Gasteiger partial charge in [0.15, 0.2) is 12.4 Å². The highest BCUT2D eigenvalue weighted by Gasteiger charge is 2.10. The molecule has 0 atom stereocenters. The van der Waals surface area contributed by atoms with E-state index in [4.69, 9.17) is 4.74 Å². The highest BCUT2D eigenvalue weighted by Crippen LogP contribution is 2.21. The van der Waals surface area contributed by atoms with Crippen LogP contribution in [0.1, 0.15) is 11.1 Å². The van der Waals surface area contributed by atoms with Crippen molar-refractivity contribution in [1.29, 1.82) is 0 Å². The number of benzene rings is 2. The molecule has 0 unspecified atom stereocenters. The molecule has 3 rings (SSSR count). The Hall–Kier alpha value is -2.73. The Balaban J connectivity index is 1.58. The SMILES string of the molecule is Cc1ccc(-c2nsc(NC(=O)COc3cccc(C)c3)n2)cc1. The molecule has 0 aliphatic heterocycles. The van der Waals surface area contributed by atoms with Crippen LogP contribution in [0.15, 0.2) is 48.5 Å². The number of rotatable bonds is 5. The summed E-state index contributed by atoms with van der Waals surface area (Å²) >= 11 is 1.15. The van der Waals surface area contributed by atoms with E-state index >= 15 is 0 Å². The van der Waals surface area contributed by atoms with Crippen molar-refractivity contribution >= 4 is 22.6 Å². The Kier molecular flexibility index (Phi) is 4.86. The van der Waals surface area contributed by atoms with Crippen molar-refractivity contribution in [2.45, 2.75) is 13.8 Å². The van der Waals surface area contributed by atoms with Gasteiger partial charge in [0, 0.05) is 17.1 Å². The summed E-state index contributed by atoms with van der Waals surface area (Å²) in [4.78, 5) is 16.3. The maximum Gasteiger partial charge on any atom is 0.264 e. The Morgan fingerprint density at radius 1 is 1.12 bits per heavy atom. The Labute approximate surface area is 144 Å². The summed E-state index contributed by atoms with van der Waals surface area (Å²) in [5, 5.41) is 3.17. The lowest BCUT2D eigenvalue weighted by atomic mass is 10.1. The Bertz CT molecular complexity index is 843. The van der Waals surface area contributed by atoms with Crippen molar-refractivity contribution in [3.05, 3.63) is 59.7 Å². The largest absolute Gasteiger partial charge is 0.484 e. The van der Waals surface area contributed by atoms with Crippen molar-refractivity contribution in [1.82, 2.24) is 9.36 Å². The van der Waals surface area contributed by atoms with Crippen LogP contribution in [0.5, 0.6) is 5.75 Å². The smallest absolute Gasteiger partial charge is 0.264 e. The number of amides is 1. The van der Waals surface area contributed by atoms with Gasteiger partial charge in [-0.3, -0.25) is 10.1 Å². The van der Waals surface area contributed by atoms with Crippen LogP contribution < -0.4 is 10.1 Å². The van der Waals surface area contributed by atoms with Gasteiger partial charge in [0.25, 0.3) is 5.91 Å². The van der Waals surface area contributed by atoms with Crippen molar-refractivity contribution in [2.75, 3.05) is 11.9 Å². The molecule has 1 aromatic heterocycles. The third-order valence-electron chi connectivity index (χ3n) is 3.34. The molecule has 0 bridgehead atoms. The van der Waals surface area contributed by atoms with Crippen LogP contribution >= 0.6 is 11.5 Å². The van der Waals surface area contributed by atoms with E-state index in [1.54, 1.807) is 0 Å². The van der Waals surface area contributed by atoms with Crippen LogP contribution in [0, 0.1) is 13.8 Å². The summed E-state index contributed by atoms with van der Waals surface area (Å²) in [6.45, 7) is 3.93. The van der Waals surface area contributed by atoms with E-state index < -0.39 is 0 Å². The van der Waals surface area contributed by atoms with Crippen molar-refractivity contribution in [2.24, 2.45) is 0 Å². The molecule has 1 heterocycles. The van der Waals surface area contributed by atoms with Crippen LogP contribution in [0.3, 0.4) is 0 Å². The van der Waals surface area contributed by atoms with E-state index in [0.717, 1.165) is 22.7 Å². The summed E-state index contributed by atoms with van der Waals surface area (Å²) < 4.78 is 9.74. The van der Waals surface area contributed by atoms with Crippen LogP contribution in [-0.2, 0) is 4.79 Å². The summed E-state index contributed by atoms with van der Waals surface area (Å²) in [7, 11) is 0. The third kappa shape index (κ3) is 4.17. The fourth-order valence-electron chi connectivity index (χ4n) is 2.10. The molecule has 0 radical (unpaired) electrons. The second-order valence-electron chi connectivity index (χ2n) is 5.44. The first-order valence-corrected chi connectivity index (χ1v) is 8.27. The number of carbonyl (C=O) groups is 1. The van der Waals surface area contributed by atoms with Crippen molar-refractivity contribution in [3.63, 3.8) is 0 Å². The minimum absolute atomic E-state index is 0.0666. The number of anilines is 1. The van der Waals surface area contributed by atoms with E-state index in [-0.39, 0.29) is 12.5 Å². The topological polar surface area (TPSA) is 64.1 Å². The number of carbonyl (C=O) groups excluding carboxylic acids is 1. The second kappa shape index (κ2) is 7.23. The maximum atomic E-state index is 12.0. The number of aryl methyl sites for hydroxylation is 2. The second-order valence-corrected chi connectivity index (χ2v) is 6.19. The van der Waals surface area contributed by atoms with Gasteiger partial charge >= 0.3 is 0 Å². The van der Waals surface area contributed by atoms with Gasteiger partial charge in [-0.1, -0.05) is 42.0 Å². The predicted octanol–water partition coefficient (Wildman–Crippen LogP) is 3.84. The van der Waals surface area contributed by atoms with Crippen molar-refractivity contribution < 1.29 is 9.53 Å². The number of hydrogen-bond donors (Lipinski definition) is 1. The van der Waals surface area contributed by atoms with Crippen LogP contribution in [0.25, 0.3) is 11.4 Å². The molecule has 0 aliphatic carbocycles. The zero-order valence-electron chi connectivity index (χ0n) is 13.4. The lowest BCUT2D eigenvalue weighted by molar-refractivity contribution is -0.118. The first-order valence-electron chi connectivity index (χ1n) is 7.50. The third-order valence-corrected chi connectivity index (χ3v) is 3.97. The summed E-state index contributed by atoms with van der Waals surface area (Å²) in [6, 6.07) is 15.5. The highest BCUT2D eigenvalue weighted by molar-refractivity contribution is 7.10.